The summed E-state index contributed by atoms with van der Waals surface area (Å²) in [5, 5.41) is 42.3. The molecule has 4 fully saturated rings. The molecule has 36 heavy (non-hydrogen) atoms. The third kappa shape index (κ3) is 3.19. The topological polar surface area (TPSA) is 115 Å². The maximum absolute atomic E-state index is 13.7. The Labute approximate surface area is 215 Å². The molecule has 202 valence electrons. The van der Waals surface area contributed by atoms with Gasteiger partial charge in [0, 0.05) is 11.3 Å². The molecule has 0 aromatic carbocycles. The van der Waals surface area contributed by atoms with Gasteiger partial charge >= 0.3 is 5.97 Å². The van der Waals surface area contributed by atoms with Crippen LogP contribution in [0.3, 0.4) is 0 Å². The third-order valence-electron chi connectivity index (χ3n) is 12.9. The number of fused-ring (bicyclic) bond motifs is 6. The molecule has 5 aliphatic rings. The van der Waals surface area contributed by atoms with Gasteiger partial charge in [0.05, 0.1) is 24.2 Å². The Morgan fingerprint density at radius 2 is 1.53 bits per heavy atom. The molecule has 11 atom stereocenters. The van der Waals surface area contributed by atoms with Crippen LogP contribution in [0.4, 0.5) is 0 Å². The van der Waals surface area contributed by atoms with E-state index in [0.29, 0.717) is 18.8 Å². The minimum Gasteiger partial charge on any atom is -0.481 e. The average molecular weight is 503 g/mol. The Bertz CT molecular complexity index is 990. The maximum Gasteiger partial charge on any atom is 0.312 e. The molecule has 0 unspecified atom stereocenters. The van der Waals surface area contributed by atoms with Crippen LogP contribution in [0.15, 0.2) is 11.6 Å². The normalized spacial score (nSPS) is 54.8. The molecule has 5 rings (SSSR count). The van der Waals surface area contributed by atoms with E-state index < -0.39 is 34.9 Å². The van der Waals surface area contributed by atoms with Gasteiger partial charge in [-0.1, -0.05) is 33.3 Å². The second kappa shape index (κ2) is 8.13. The van der Waals surface area contributed by atoms with Crippen molar-refractivity contribution in [2.24, 2.45) is 50.7 Å². The quantitative estimate of drug-likeness (QED) is 0.446. The second-order valence-corrected chi connectivity index (χ2v) is 14.5. The maximum atomic E-state index is 13.7. The lowest BCUT2D eigenvalue weighted by atomic mass is 9.41. The Morgan fingerprint density at radius 3 is 2.17 bits per heavy atom. The number of rotatable bonds is 2. The molecule has 0 aromatic rings. The van der Waals surface area contributed by atoms with E-state index in [1.54, 1.807) is 6.92 Å². The molecular formula is C30H46O6. The Hall–Kier alpha value is -1.24. The summed E-state index contributed by atoms with van der Waals surface area (Å²) in [6.45, 7) is 10.3. The smallest absolute Gasteiger partial charge is 0.312 e. The van der Waals surface area contributed by atoms with Crippen LogP contribution in [-0.2, 0) is 9.59 Å². The van der Waals surface area contributed by atoms with Crippen molar-refractivity contribution in [1.82, 2.24) is 0 Å². The molecule has 0 aliphatic heterocycles. The van der Waals surface area contributed by atoms with E-state index in [1.807, 2.05) is 13.0 Å². The van der Waals surface area contributed by atoms with Crippen LogP contribution >= 0.6 is 0 Å². The highest BCUT2D eigenvalue weighted by molar-refractivity contribution is 5.95. The van der Waals surface area contributed by atoms with Crippen molar-refractivity contribution in [1.29, 1.82) is 0 Å². The summed E-state index contributed by atoms with van der Waals surface area (Å²) in [6.07, 6.45) is 7.53. The molecule has 6 heteroatoms. The van der Waals surface area contributed by atoms with Gasteiger partial charge in [0.1, 0.15) is 0 Å². The molecule has 4 N–H and O–H groups in total. The highest BCUT2D eigenvalue weighted by Gasteiger charge is 2.66. The highest BCUT2D eigenvalue weighted by Crippen LogP contribution is 2.70. The van der Waals surface area contributed by atoms with Gasteiger partial charge in [0.15, 0.2) is 5.78 Å². The summed E-state index contributed by atoms with van der Waals surface area (Å²) < 4.78 is 0. The number of ketones is 1. The van der Waals surface area contributed by atoms with Gasteiger partial charge in [0.25, 0.3) is 0 Å². The van der Waals surface area contributed by atoms with Crippen LogP contribution < -0.4 is 0 Å². The van der Waals surface area contributed by atoms with Crippen molar-refractivity contribution >= 4 is 11.8 Å². The molecule has 0 aromatic heterocycles. The fraction of sp³-hybridized carbons (Fsp3) is 0.867. The van der Waals surface area contributed by atoms with E-state index in [4.69, 9.17) is 0 Å². The fourth-order valence-electron chi connectivity index (χ4n) is 10.9. The second-order valence-electron chi connectivity index (χ2n) is 14.5. The molecule has 0 radical (unpaired) electrons. The summed E-state index contributed by atoms with van der Waals surface area (Å²) >= 11 is 0. The lowest BCUT2D eigenvalue weighted by Crippen LogP contribution is -2.61. The SMILES string of the molecule is C[C@@]12CC[C@@H]3[C@](C)(CC[C@H](O)[C@]3(C)C(=O)O)[C@H]1CC[C@@H]1C(=CC(=O)[C@@H]3[C@]1(C)CC[C@@H](O)[C@]3(C)CO)C2. The zero-order valence-electron chi connectivity index (χ0n) is 22.7. The molecular weight excluding hydrogens is 456 g/mol. The Kier molecular flexibility index (Phi) is 5.95. The van der Waals surface area contributed by atoms with Crippen molar-refractivity contribution < 1.29 is 30.0 Å². The number of carbonyl (C=O) groups excluding carboxylic acids is 1. The lowest BCUT2D eigenvalue weighted by molar-refractivity contribution is -0.199. The van der Waals surface area contributed by atoms with Crippen LogP contribution in [-0.4, -0.2) is 51.0 Å². The Morgan fingerprint density at radius 1 is 0.889 bits per heavy atom. The van der Waals surface area contributed by atoms with E-state index >= 15 is 0 Å². The molecule has 0 amide bonds. The van der Waals surface area contributed by atoms with Crippen molar-refractivity contribution in [2.45, 2.75) is 105 Å². The fourth-order valence-corrected chi connectivity index (χ4v) is 10.9. The number of aliphatic hydroxyl groups is 3. The number of carboxylic acids is 1. The van der Waals surface area contributed by atoms with Crippen molar-refractivity contribution in [2.75, 3.05) is 6.61 Å². The number of carboxylic acid groups (broad SMARTS) is 1. The molecule has 0 saturated heterocycles. The highest BCUT2D eigenvalue weighted by atomic mass is 16.4. The van der Waals surface area contributed by atoms with E-state index in [-0.39, 0.29) is 40.5 Å². The van der Waals surface area contributed by atoms with Crippen LogP contribution in [0.1, 0.15) is 92.4 Å². The average Bonchev–Trinajstić information content (AvgIpc) is 2.96. The largest absolute Gasteiger partial charge is 0.481 e. The minimum atomic E-state index is -1.14. The van der Waals surface area contributed by atoms with Crippen molar-refractivity contribution in [3.05, 3.63) is 11.6 Å². The summed E-state index contributed by atoms with van der Waals surface area (Å²) in [5.41, 5.74) is -1.25. The van der Waals surface area contributed by atoms with Crippen molar-refractivity contribution in [3.8, 4) is 0 Å². The first kappa shape index (κ1) is 26.4. The zero-order valence-corrected chi connectivity index (χ0v) is 22.7. The van der Waals surface area contributed by atoms with Gasteiger partial charge in [-0.3, -0.25) is 9.59 Å². The first-order valence-corrected chi connectivity index (χ1v) is 14.1. The summed E-state index contributed by atoms with van der Waals surface area (Å²) in [4.78, 5) is 26.2. The zero-order chi connectivity index (χ0) is 26.5. The number of allylic oxidation sites excluding steroid dienone is 2. The van der Waals surface area contributed by atoms with Crippen LogP contribution in [0.2, 0.25) is 0 Å². The monoisotopic (exact) mass is 502 g/mol. The van der Waals surface area contributed by atoms with Gasteiger partial charge in [-0.15, -0.1) is 0 Å². The van der Waals surface area contributed by atoms with Gasteiger partial charge in [-0.2, -0.15) is 0 Å². The van der Waals surface area contributed by atoms with Crippen LogP contribution in [0.5, 0.6) is 0 Å². The standard InChI is InChI=1S/C30H46O6/c1-26-11-8-21-28(3,13-10-23(34)30(21,5)25(35)36)20(26)7-6-18-17(15-26)14-19(32)24-27(18,2)12-9-22(33)29(24,4)16-31/h14,18,20-24,31,33-34H,6-13,15-16H2,1-5H3,(H,35,36)/t18-,20+,21-,22-,23+,24-,26+,27-,28-,29+,30-/m1/s1. The number of hydrogen-bond donors (Lipinski definition) is 4. The molecule has 0 spiro atoms. The van der Waals surface area contributed by atoms with Crippen molar-refractivity contribution in [3.63, 3.8) is 0 Å². The van der Waals surface area contributed by atoms with Gasteiger partial charge in [-0.05, 0) is 105 Å². The van der Waals surface area contributed by atoms with E-state index in [9.17, 15) is 30.0 Å². The summed E-state index contributed by atoms with van der Waals surface area (Å²) in [6, 6.07) is 0. The first-order chi connectivity index (χ1) is 16.7. The number of aliphatic hydroxyl groups excluding tert-OH is 3. The van der Waals surface area contributed by atoms with E-state index in [2.05, 4.69) is 20.8 Å². The van der Waals surface area contributed by atoms with Crippen LogP contribution in [0, 0.1) is 50.7 Å². The van der Waals surface area contributed by atoms with Gasteiger partial charge in [0.2, 0.25) is 0 Å². The molecule has 0 heterocycles. The number of hydrogen-bond acceptors (Lipinski definition) is 5. The summed E-state index contributed by atoms with van der Waals surface area (Å²) in [5.74, 6) is -0.764. The summed E-state index contributed by atoms with van der Waals surface area (Å²) in [7, 11) is 0. The molecule has 5 aliphatic carbocycles. The van der Waals surface area contributed by atoms with Gasteiger partial charge in [-0.25, -0.2) is 0 Å². The van der Waals surface area contributed by atoms with E-state index in [1.165, 1.54) is 5.57 Å². The first-order valence-electron chi connectivity index (χ1n) is 14.1. The third-order valence-corrected chi connectivity index (χ3v) is 12.9. The minimum absolute atomic E-state index is 0.0223. The van der Waals surface area contributed by atoms with Gasteiger partial charge < -0.3 is 20.4 Å². The lowest BCUT2D eigenvalue weighted by Gasteiger charge is -2.63. The molecule has 0 bridgehead atoms. The van der Waals surface area contributed by atoms with Crippen LogP contribution in [0.25, 0.3) is 0 Å². The predicted molar refractivity (Wildman–Crippen MR) is 136 cm³/mol. The molecule has 6 nitrogen and oxygen atoms in total. The molecule has 4 saturated carbocycles. The number of carbonyl (C=O) groups is 2. The van der Waals surface area contributed by atoms with E-state index in [0.717, 1.165) is 44.9 Å². The predicted octanol–water partition coefficient (Wildman–Crippen LogP) is 4.36. The Balaban J connectivity index is 1.55. The number of aliphatic carboxylic acids is 1.